The lowest BCUT2D eigenvalue weighted by Gasteiger charge is -2.35. The molecule has 2 heterocycles. The van der Waals surface area contributed by atoms with Crippen molar-refractivity contribution in [1.29, 1.82) is 0 Å². The van der Waals surface area contributed by atoms with Crippen molar-refractivity contribution in [3.05, 3.63) is 113 Å². The van der Waals surface area contributed by atoms with E-state index in [-0.39, 0.29) is 30.3 Å². The van der Waals surface area contributed by atoms with Gasteiger partial charge in [-0.2, -0.15) is 4.31 Å². The van der Waals surface area contributed by atoms with Crippen LogP contribution in [0.15, 0.2) is 84.8 Å². The Bertz CT molecular complexity index is 1910. The van der Waals surface area contributed by atoms with Crippen LogP contribution in [-0.4, -0.2) is 46.8 Å². The van der Waals surface area contributed by atoms with Gasteiger partial charge in [0, 0.05) is 12.5 Å². The number of benzene rings is 3. The van der Waals surface area contributed by atoms with Crippen LogP contribution in [0.1, 0.15) is 84.4 Å². The van der Waals surface area contributed by atoms with Crippen molar-refractivity contribution in [2.45, 2.75) is 82.2 Å². The average molecular weight is 653 g/mol. The van der Waals surface area contributed by atoms with Gasteiger partial charge in [-0.15, -0.1) is 18.3 Å². The van der Waals surface area contributed by atoms with E-state index in [0.717, 1.165) is 76.5 Å². The van der Waals surface area contributed by atoms with Crippen LogP contribution in [0, 0.1) is 12.8 Å². The van der Waals surface area contributed by atoms with Crippen molar-refractivity contribution in [3.8, 4) is 0 Å². The summed E-state index contributed by atoms with van der Waals surface area (Å²) in [6.07, 6.45) is 8.81. The molecule has 3 aromatic carbocycles. The standard InChI is InChI=1S/C38H44N4O4S/c1-5-8-11-27-14-15-29-12-9-10-13-36(29)47(44,45)42(25-27)34-20-18-28-16-17-30(23-33(28)34)32(24-37(43)46-7-3)31-19-21-35-38(26(31)4)39-40-41(35)22-6-2/h5-6,9-10,12-13,16-17,19,21,23,27,32,34H,1-2,7-8,11,14-15,18,20,22,24-25H2,3-4H3. The molecule has 6 rings (SSSR count). The molecule has 4 aromatic rings. The Morgan fingerprint density at radius 2 is 1.87 bits per heavy atom. The summed E-state index contributed by atoms with van der Waals surface area (Å²) in [5.41, 5.74) is 7.64. The number of aryl methyl sites for hydroxylation is 3. The van der Waals surface area contributed by atoms with Gasteiger partial charge >= 0.3 is 5.97 Å². The molecule has 0 radical (unpaired) electrons. The Hall–Kier alpha value is -4.08. The number of ether oxygens (including phenoxy) is 1. The summed E-state index contributed by atoms with van der Waals surface area (Å²) in [6, 6.07) is 17.6. The minimum atomic E-state index is -3.76. The van der Waals surface area contributed by atoms with Crippen molar-refractivity contribution in [3.63, 3.8) is 0 Å². The van der Waals surface area contributed by atoms with Crippen LogP contribution in [0.3, 0.4) is 0 Å². The maximum atomic E-state index is 14.5. The van der Waals surface area contributed by atoms with Gasteiger partial charge in [-0.3, -0.25) is 4.79 Å². The molecule has 9 heteroatoms. The Balaban J connectivity index is 1.43. The molecule has 8 nitrogen and oxygen atoms in total. The normalized spacial score (nSPS) is 19.7. The Kier molecular flexibility index (Phi) is 9.75. The average Bonchev–Trinajstić information content (AvgIpc) is 3.68. The van der Waals surface area contributed by atoms with Gasteiger partial charge in [0.2, 0.25) is 10.0 Å². The number of carbonyl (C=O) groups excluding carboxylic acids is 1. The van der Waals surface area contributed by atoms with Gasteiger partial charge in [0.1, 0.15) is 5.52 Å². The zero-order valence-corrected chi connectivity index (χ0v) is 28.2. The van der Waals surface area contributed by atoms with Crippen LogP contribution < -0.4 is 0 Å². The van der Waals surface area contributed by atoms with Gasteiger partial charge in [-0.1, -0.05) is 59.8 Å². The molecular weight excluding hydrogens is 609 g/mol. The van der Waals surface area contributed by atoms with Crippen LogP contribution in [0.2, 0.25) is 0 Å². The number of aromatic nitrogens is 3. The molecule has 0 N–H and O–H groups in total. The monoisotopic (exact) mass is 652 g/mol. The molecule has 1 aromatic heterocycles. The second-order valence-electron chi connectivity index (χ2n) is 12.7. The zero-order valence-electron chi connectivity index (χ0n) is 27.4. The number of fused-ring (bicyclic) bond motifs is 3. The van der Waals surface area contributed by atoms with Crippen molar-refractivity contribution in [2.24, 2.45) is 5.92 Å². The van der Waals surface area contributed by atoms with Crippen LogP contribution in [0.4, 0.5) is 0 Å². The fourth-order valence-electron chi connectivity index (χ4n) is 7.50. The number of esters is 1. The van der Waals surface area contributed by atoms with Crippen molar-refractivity contribution >= 4 is 27.0 Å². The number of sulfonamides is 1. The molecule has 1 aliphatic carbocycles. The van der Waals surface area contributed by atoms with Crippen LogP contribution >= 0.6 is 0 Å². The van der Waals surface area contributed by atoms with Crippen molar-refractivity contribution in [1.82, 2.24) is 19.3 Å². The fourth-order valence-corrected chi connectivity index (χ4v) is 9.47. The summed E-state index contributed by atoms with van der Waals surface area (Å²) in [5, 5.41) is 8.79. The van der Waals surface area contributed by atoms with E-state index in [1.165, 1.54) is 0 Å². The lowest BCUT2D eigenvalue weighted by Crippen LogP contribution is -2.39. The highest BCUT2D eigenvalue weighted by Gasteiger charge is 2.40. The van der Waals surface area contributed by atoms with Crippen LogP contribution in [0.5, 0.6) is 0 Å². The summed E-state index contributed by atoms with van der Waals surface area (Å²) in [5.74, 6) is -0.360. The fraction of sp³-hybridized carbons (Fsp3) is 0.395. The SMILES string of the molecule is C=CCCC1CCc2ccccc2S(=O)(=O)N(C2CCc3ccc(C(CC(=O)OCC)c4ccc5c(nnn5CC=C)c4C)cc32)C1. The van der Waals surface area contributed by atoms with Gasteiger partial charge < -0.3 is 4.74 Å². The highest BCUT2D eigenvalue weighted by atomic mass is 32.2. The van der Waals surface area contributed by atoms with E-state index in [1.54, 1.807) is 16.4 Å². The third-order valence-corrected chi connectivity index (χ3v) is 11.9. The predicted molar refractivity (Wildman–Crippen MR) is 185 cm³/mol. The lowest BCUT2D eigenvalue weighted by atomic mass is 9.84. The molecule has 0 bridgehead atoms. The van der Waals surface area contributed by atoms with Crippen LogP contribution in [-0.2, 0) is 38.9 Å². The van der Waals surface area contributed by atoms with Crippen molar-refractivity contribution in [2.75, 3.05) is 13.2 Å². The predicted octanol–water partition coefficient (Wildman–Crippen LogP) is 7.22. The number of rotatable bonds is 11. The molecule has 2 aliphatic rings. The van der Waals surface area contributed by atoms with Gasteiger partial charge in [0.25, 0.3) is 0 Å². The minimum Gasteiger partial charge on any atom is -0.466 e. The van der Waals surface area contributed by atoms with Gasteiger partial charge in [0.05, 0.1) is 36.0 Å². The molecule has 47 heavy (non-hydrogen) atoms. The molecular formula is C38H44N4O4S. The van der Waals surface area contributed by atoms with Gasteiger partial charge in [-0.05, 0) is 104 Å². The van der Waals surface area contributed by atoms with E-state index >= 15 is 0 Å². The number of nitrogens with zero attached hydrogens (tertiary/aromatic N) is 4. The first-order valence-electron chi connectivity index (χ1n) is 16.7. The molecule has 0 saturated heterocycles. The molecule has 246 valence electrons. The number of hydrogen-bond donors (Lipinski definition) is 0. The van der Waals surface area contributed by atoms with E-state index in [4.69, 9.17) is 4.74 Å². The molecule has 3 atom stereocenters. The van der Waals surface area contributed by atoms with Crippen LogP contribution in [0.25, 0.3) is 11.0 Å². The maximum Gasteiger partial charge on any atom is 0.306 e. The van der Waals surface area contributed by atoms with Gasteiger partial charge in [0.15, 0.2) is 0 Å². The molecule has 1 aliphatic heterocycles. The smallest absolute Gasteiger partial charge is 0.306 e. The second-order valence-corrected chi connectivity index (χ2v) is 14.6. The molecule has 0 saturated carbocycles. The van der Waals surface area contributed by atoms with E-state index in [0.29, 0.717) is 31.0 Å². The van der Waals surface area contributed by atoms with Crippen molar-refractivity contribution < 1.29 is 17.9 Å². The lowest BCUT2D eigenvalue weighted by molar-refractivity contribution is -0.143. The molecule has 3 unspecified atom stereocenters. The Morgan fingerprint density at radius 3 is 2.66 bits per heavy atom. The number of allylic oxidation sites excluding steroid dienone is 2. The third-order valence-electron chi connectivity index (χ3n) is 9.90. The number of carbonyl (C=O) groups is 1. The van der Waals surface area contributed by atoms with Gasteiger partial charge in [-0.25, -0.2) is 13.1 Å². The highest BCUT2D eigenvalue weighted by Crippen LogP contribution is 2.44. The summed E-state index contributed by atoms with van der Waals surface area (Å²) < 4.78 is 38.0. The highest BCUT2D eigenvalue weighted by molar-refractivity contribution is 7.89. The van der Waals surface area contributed by atoms with E-state index < -0.39 is 10.0 Å². The molecule has 0 fully saturated rings. The largest absolute Gasteiger partial charge is 0.466 e. The van der Waals surface area contributed by atoms with E-state index in [1.807, 2.05) is 48.9 Å². The minimum absolute atomic E-state index is 0.156. The third kappa shape index (κ3) is 6.43. The number of hydrogen-bond acceptors (Lipinski definition) is 6. The first-order valence-corrected chi connectivity index (χ1v) is 18.1. The Morgan fingerprint density at radius 1 is 1.06 bits per heavy atom. The zero-order chi connectivity index (χ0) is 33.1. The maximum absolute atomic E-state index is 14.5. The summed E-state index contributed by atoms with van der Waals surface area (Å²) in [6.45, 7) is 12.9. The Labute approximate surface area is 278 Å². The van der Waals surface area contributed by atoms with E-state index in [9.17, 15) is 13.2 Å². The second kappa shape index (κ2) is 14.0. The van der Waals surface area contributed by atoms with E-state index in [2.05, 4.69) is 47.7 Å². The summed E-state index contributed by atoms with van der Waals surface area (Å²) in [7, 11) is -3.76. The molecule has 0 amide bonds. The summed E-state index contributed by atoms with van der Waals surface area (Å²) >= 11 is 0. The topological polar surface area (TPSA) is 94.4 Å². The summed E-state index contributed by atoms with van der Waals surface area (Å²) in [4.78, 5) is 13.5. The molecule has 0 spiro atoms. The quantitative estimate of drug-likeness (QED) is 0.126. The first-order chi connectivity index (χ1) is 22.8. The first kappa shape index (κ1) is 32.8.